The highest BCUT2D eigenvalue weighted by atomic mass is 16.2. The topological polar surface area (TPSA) is 95.6 Å². The molecule has 0 aliphatic carbocycles. The van der Waals surface area contributed by atoms with Gasteiger partial charge >= 0.3 is 0 Å². The van der Waals surface area contributed by atoms with Crippen LogP contribution in [0.2, 0.25) is 0 Å². The molecule has 13 heavy (non-hydrogen) atoms. The van der Waals surface area contributed by atoms with Crippen molar-refractivity contribution >= 4 is 5.91 Å². The maximum absolute atomic E-state index is 11.2. The number of H-pyrrole nitrogens is 1. The minimum absolute atomic E-state index is 0.0905. The molecule has 1 amide bonds. The summed E-state index contributed by atoms with van der Waals surface area (Å²) in [4.78, 5) is 11.2. The molecule has 0 aliphatic heterocycles. The predicted molar refractivity (Wildman–Crippen MR) is 44.5 cm³/mol. The van der Waals surface area contributed by atoms with E-state index < -0.39 is 0 Å². The van der Waals surface area contributed by atoms with Gasteiger partial charge in [-0.15, -0.1) is 10.2 Å². The number of nitrogens with one attached hydrogen (secondary N) is 3. The molecule has 0 saturated carbocycles. The van der Waals surface area contributed by atoms with E-state index in [4.69, 9.17) is 0 Å². The number of hydrogen-bond donors (Lipinski definition) is 3. The maximum atomic E-state index is 11.2. The molecule has 0 saturated heterocycles. The second-order valence-electron chi connectivity index (χ2n) is 2.56. The standard InChI is InChI=1S/C6H12N6O/c1-4(7-2)6(13)8-3-5-9-11-12-10-5/h4,7H,3H2,1-2H3,(H,8,13)(H,9,10,11,12). The molecule has 0 spiro atoms. The number of tetrazole rings is 1. The fourth-order valence-electron chi connectivity index (χ4n) is 0.708. The maximum Gasteiger partial charge on any atom is 0.237 e. The van der Waals surface area contributed by atoms with Gasteiger partial charge in [0.05, 0.1) is 12.6 Å². The number of likely N-dealkylation sites (N-methyl/N-ethyl adjacent to an activating group) is 1. The first-order chi connectivity index (χ1) is 6.24. The van der Waals surface area contributed by atoms with Gasteiger partial charge < -0.3 is 10.6 Å². The van der Waals surface area contributed by atoms with E-state index in [0.717, 1.165) is 0 Å². The molecule has 7 heteroatoms. The molecule has 0 radical (unpaired) electrons. The van der Waals surface area contributed by atoms with Gasteiger partial charge in [0.2, 0.25) is 5.91 Å². The van der Waals surface area contributed by atoms with Crippen molar-refractivity contribution in [1.29, 1.82) is 0 Å². The van der Waals surface area contributed by atoms with Gasteiger partial charge in [-0.3, -0.25) is 4.79 Å². The largest absolute Gasteiger partial charge is 0.347 e. The van der Waals surface area contributed by atoms with Crippen molar-refractivity contribution in [3.63, 3.8) is 0 Å². The van der Waals surface area contributed by atoms with Crippen LogP contribution in [0, 0.1) is 0 Å². The van der Waals surface area contributed by atoms with Gasteiger partial charge in [-0.25, -0.2) is 0 Å². The van der Waals surface area contributed by atoms with Crippen LogP contribution in [0.3, 0.4) is 0 Å². The van der Waals surface area contributed by atoms with E-state index >= 15 is 0 Å². The third kappa shape index (κ3) is 2.79. The van der Waals surface area contributed by atoms with Crippen LogP contribution in [-0.2, 0) is 11.3 Å². The molecule has 72 valence electrons. The SMILES string of the molecule is CNC(C)C(=O)NCc1nn[nH]n1. The first-order valence-corrected chi connectivity index (χ1v) is 3.91. The molecule has 3 N–H and O–H groups in total. The molecule has 0 aromatic carbocycles. The first kappa shape index (κ1) is 9.59. The quantitative estimate of drug-likeness (QED) is 0.525. The second kappa shape index (κ2) is 4.51. The Balaban J connectivity index is 2.31. The summed E-state index contributed by atoms with van der Waals surface area (Å²) in [6.07, 6.45) is 0. The minimum Gasteiger partial charge on any atom is -0.347 e. The molecule has 1 rings (SSSR count). The van der Waals surface area contributed by atoms with Crippen LogP contribution in [0.4, 0.5) is 0 Å². The summed E-state index contributed by atoms with van der Waals surface area (Å²) < 4.78 is 0. The van der Waals surface area contributed by atoms with Gasteiger partial charge in [0, 0.05) is 0 Å². The van der Waals surface area contributed by atoms with E-state index in [1.165, 1.54) is 0 Å². The fourth-order valence-corrected chi connectivity index (χ4v) is 0.708. The Morgan fingerprint density at radius 2 is 2.46 bits per heavy atom. The van der Waals surface area contributed by atoms with Crippen molar-refractivity contribution in [1.82, 2.24) is 31.3 Å². The Bertz CT molecular complexity index is 258. The number of carbonyl (C=O) groups excluding carboxylic acids is 1. The summed E-state index contributed by atoms with van der Waals surface area (Å²) in [5.74, 6) is 0.379. The Kier molecular flexibility index (Phi) is 3.32. The Morgan fingerprint density at radius 3 is 3.00 bits per heavy atom. The summed E-state index contributed by atoms with van der Waals surface area (Å²) in [6, 6.07) is -0.216. The van der Waals surface area contributed by atoms with E-state index in [-0.39, 0.29) is 11.9 Å². The molecule has 0 fully saturated rings. The van der Waals surface area contributed by atoms with E-state index in [1.807, 2.05) is 0 Å². The minimum atomic E-state index is -0.216. The number of hydrogen-bond acceptors (Lipinski definition) is 5. The van der Waals surface area contributed by atoms with Crippen LogP contribution in [0.15, 0.2) is 0 Å². The fraction of sp³-hybridized carbons (Fsp3) is 0.667. The molecule has 0 aliphatic rings. The van der Waals surface area contributed by atoms with Gasteiger partial charge in [0.1, 0.15) is 0 Å². The summed E-state index contributed by atoms with van der Waals surface area (Å²) in [5, 5.41) is 18.5. The average Bonchev–Trinajstić information content (AvgIpc) is 2.65. The Labute approximate surface area is 75.3 Å². The lowest BCUT2D eigenvalue weighted by Crippen LogP contribution is -2.40. The van der Waals surface area contributed by atoms with E-state index in [2.05, 4.69) is 31.3 Å². The van der Waals surface area contributed by atoms with E-state index in [9.17, 15) is 4.79 Å². The summed E-state index contributed by atoms with van der Waals surface area (Å²) in [6.45, 7) is 2.06. The van der Waals surface area contributed by atoms with Crippen LogP contribution in [0.1, 0.15) is 12.7 Å². The molecule has 1 atom stereocenters. The molecule has 1 heterocycles. The summed E-state index contributed by atoms with van der Waals surface area (Å²) in [5.41, 5.74) is 0. The highest BCUT2D eigenvalue weighted by molar-refractivity contribution is 5.81. The number of rotatable bonds is 4. The van der Waals surface area contributed by atoms with E-state index in [1.54, 1.807) is 14.0 Å². The highest BCUT2D eigenvalue weighted by Crippen LogP contribution is 1.84. The van der Waals surface area contributed by atoms with Gasteiger partial charge in [0.25, 0.3) is 0 Å². The number of aromatic nitrogens is 4. The highest BCUT2D eigenvalue weighted by Gasteiger charge is 2.09. The average molecular weight is 184 g/mol. The summed E-state index contributed by atoms with van der Waals surface area (Å²) >= 11 is 0. The lowest BCUT2D eigenvalue weighted by Gasteiger charge is -2.08. The monoisotopic (exact) mass is 184 g/mol. The Morgan fingerprint density at radius 1 is 1.69 bits per heavy atom. The van der Waals surface area contributed by atoms with Gasteiger partial charge in [-0.05, 0) is 14.0 Å². The number of amides is 1. The van der Waals surface area contributed by atoms with Crippen LogP contribution in [0.5, 0.6) is 0 Å². The summed E-state index contributed by atoms with van der Waals surface area (Å²) in [7, 11) is 1.72. The van der Waals surface area contributed by atoms with Gasteiger partial charge in [-0.2, -0.15) is 5.21 Å². The van der Waals surface area contributed by atoms with Crippen LogP contribution in [0.25, 0.3) is 0 Å². The van der Waals surface area contributed by atoms with Crippen molar-refractivity contribution in [3.8, 4) is 0 Å². The lowest BCUT2D eigenvalue weighted by molar-refractivity contribution is -0.122. The zero-order valence-electron chi connectivity index (χ0n) is 7.53. The predicted octanol–water partition coefficient (Wildman–Crippen LogP) is -1.58. The second-order valence-corrected chi connectivity index (χ2v) is 2.56. The van der Waals surface area contributed by atoms with Crippen LogP contribution in [-0.4, -0.2) is 39.6 Å². The Hall–Kier alpha value is -1.50. The third-order valence-electron chi connectivity index (χ3n) is 1.64. The normalized spacial score (nSPS) is 12.5. The molecule has 1 aromatic heterocycles. The molecule has 1 aromatic rings. The zero-order chi connectivity index (χ0) is 9.68. The van der Waals surface area contributed by atoms with Gasteiger partial charge in [0.15, 0.2) is 5.82 Å². The van der Waals surface area contributed by atoms with E-state index in [0.29, 0.717) is 12.4 Å². The molecule has 0 bridgehead atoms. The lowest BCUT2D eigenvalue weighted by atomic mass is 10.3. The third-order valence-corrected chi connectivity index (χ3v) is 1.64. The molecular weight excluding hydrogens is 172 g/mol. The number of nitrogens with zero attached hydrogens (tertiary/aromatic N) is 3. The van der Waals surface area contributed by atoms with Crippen molar-refractivity contribution in [2.24, 2.45) is 0 Å². The first-order valence-electron chi connectivity index (χ1n) is 3.91. The number of aromatic amines is 1. The number of carbonyl (C=O) groups is 1. The van der Waals surface area contributed by atoms with Crippen molar-refractivity contribution in [2.75, 3.05) is 7.05 Å². The smallest absolute Gasteiger partial charge is 0.237 e. The zero-order valence-corrected chi connectivity index (χ0v) is 7.53. The van der Waals surface area contributed by atoms with Crippen LogP contribution < -0.4 is 10.6 Å². The van der Waals surface area contributed by atoms with Gasteiger partial charge in [-0.1, -0.05) is 5.21 Å². The van der Waals surface area contributed by atoms with Crippen molar-refractivity contribution in [2.45, 2.75) is 19.5 Å². The van der Waals surface area contributed by atoms with Crippen molar-refractivity contribution in [3.05, 3.63) is 5.82 Å². The molecule has 7 nitrogen and oxygen atoms in total. The van der Waals surface area contributed by atoms with Crippen molar-refractivity contribution < 1.29 is 4.79 Å². The molecule has 1 unspecified atom stereocenters. The molecular formula is C6H12N6O. The van der Waals surface area contributed by atoms with Crippen LogP contribution >= 0.6 is 0 Å².